The van der Waals surface area contributed by atoms with E-state index >= 15 is 0 Å². The molecule has 1 aromatic heterocycles. The van der Waals surface area contributed by atoms with Crippen LogP contribution in [0.3, 0.4) is 0 Å². The summed E-state index contributed by atoms with van der Waals surface area (Å²) >= 11 is 0. The van der Waals surface area contributed by atoms with Gasteiger partial charge in [0.15, 0.2) is 5.69 Å². The third kappa shape index (κ3) is 4.95. The van der Waals surface area contributed by atoms with E-state index < -0.39 is 0 Å². The quantitative estimate of drug-likeness (QED) is 0.383. The number of ketones is 1. The molecule has 182 valence electrons. The topological polar surface area (TPSA) is 114 Å². The van der Waals surface area contributed by atoms with Gasteiger partial charge in [-0.25, -0.2) is 9.99 Å². The number of hydrogen-bond acceptors (Lipinski definition) is 6. The molecule has 1 fully saturated rings. The van der Waals surface area contributed by atoms with Crippen LogP contribution < -0.4 is 11.1 Å². The number of imidazole rings is 1. The zero-order chi connectivity index (χ0) is 25.3. The molecule has 0 saturated heterocycles. The summed E-state index contributed by atoms with van der Waals surface area (Å²) < 4.78 is 1.61. The van der Waals surface area contributed by atoms with Gasteiger partial charge < -0.3 is 11.1 Å². The lowest BCUT2D eigenvalue weighted by Crippen LogP contribution is -2.41. The van der Waals surface area contributed by atoms with E-state index in [9.17, 15) is 14.4 Å². The number of nitrogens with zero attached hydrogens (tertiary/aromatic N) is 4. The number of nitrogen functional groups attached to an aromatic ring is 1. The van der Waals surface area contributed by atoms with Gasteiger partial charge in [0.05, 0.1) is 5.69 Å². The first-order valence-electron chi connectivity index (χ1n) is 11.6. The molecule has 9 nitrogen and oxygen atoms in total. The Kier molecular flexibility index (Phi) is 6.70. The Morgan fingerprint density at radius 1 is 1.09 bits per heavy atom. The molecule has 1 aliphatic carbocycles. The van der Waals surface area contributed by atoms with Gasteiger partial charge in [0.1, 0.15) is 12.1 Å². The standard InChI is InChI=1S/C26H30N6O3/c1-5-32(30(3)4)26(35)19-8-6-7-17(13-19)23(33)22-24(27)31(15-28-22)21-14-18(10-9-16(21)2)25(34)29-20-11-12-20/h6-10,13-15,20H,5,11-12,27H2,1-4H3,(H,29,34). The highest BCUT2D eigenvalue weighted by Crippen LogP contribution is 2.25. The van der Waals surface area contributed by atoms with E-state index in [1.807, 2.05) is 19.9 Å². The smallest absolute Gasteiger partial charge is 0.268 e. The van der Waals surface area contributed by atoms with Crippen LogP contribution in [-0.2, 0) is 0 Å². The minimum absolute atomic E-state index is 0.0850. The van der Waals surface area contributed by atoms with E-state index in [-0.39, 0.29) is 35.2 Å². The third-order valence-electron chi connectivity index (χ3n) is 6.05. The van der Waals surface area contributed by atoms with Gasteiger partial charge in [-0.05, 0) is 56.5 Å². The molecule has 0 radical (unpaired) electrons. The minimum atomic E-state index is -0.385. The number of carbonyl (C=O) groups is 3. The Hall–Kier alpha value is -3.98. The van der Waals surface area contributed by atoms with Gasteiger partial charge in [0, 0.05) is 43.4 Å². The molecule has 1 heterocycles. The number of aromatic nitrogens is 2. The summed E-state index contributed by atoms with van der Waals surface area (Å²) in [5.41, 5.74) is 9.24. The molecule has 3 N–H and O–H groups in total. The van der Waals surface area contributed by atoms with Crippen molar-refractivity contribution in [3.8, 4) is 5.69 Å². The van der Waals surface area contributed by atoms with E-state index in [1.165, 1.54) is 6.33 Å². The summed E-state index contributed by atoms with van der Waals surface area (Å²) in [6.45, 7) is 4.28. The van der Waals surface area contributed by atoms with Gasteiger partial charge in [-0.15, -0.1) is 0 Å². The number of nitrogens with two attached hydrogens (primary N) is 1. The lowest BCUT2D eigenvalue weighted by atomic mass is 10.0. The molecular weight excluding hydrogens is 444 g/mol. The van der Waals surface area contributed by atoms with Crippen molar-refractivity contribution < 1.29 is 14.4 Å². The fraction of sp³-hybridized carbons (Fsp3) is 0.308. The van der Waals surface area contributed by atoms with Crippen LogP contribution in [0.1, 0.15) is 62.1 Å². The molecule has 0 atom stereocenters. The SMILES string of the molecule is CCN(C(=O)c1cccc(C(=O)c2ncn(-c3cc(C(=O)NC4CC4)ccc3C)c2N)c1)N(C)C. The number of rotatable bonds is 8. The lowest BCUT2D eigenvalue weighted by molar-refractivity contribution is 0.0230. The minimum Gasteiger partial charge on any atom is -0.383 e. The maximum Gasteiger partial charge on any atom is 0.268 e. The van der Waals surface area contributed by atoms with Crippen LogP contribution in [0.4, 0.5) is 5.82 Å². The van der Waals surface area contributed by atoms with E-state index in [0.29, 0.717) is 28.9 Å². The number of carbonyl (C=O) groups excluding carboxylic acids is 3. The maximum atomic E-state index is 13.3. The molecule has 0 unspecified atom stereocenters. The number of amides is 2. The van der Waals surface area contributed by atoms with E-state index in [4.69, 9.17) is 5.73 Å². The molecule has 1 aliphatic rings. The normalized spacial score (nSPS) is 13.1. The highest BCUT2D eigenvalue weighted by atomic mass is 16.2. The monoisotopic (exact) mass is 474 g/mol. The first-order valence-corrected chi connectivity index (χ1v) is 11.6. The summed E-state index contributed by atoms with van der Waals surface area (Å²) in [6, 6.07) is 12.2. The van der Waals surface area contributed by atoms with Gasteiger partial charge in [0.25, 0.3) is 11.8 Å². The highest BCUT2D eigenvalue weighted by molar-refractivity contribution is 6.11. The average molecular weight is 475 g/mol. The Morgan fingerprint density at radius 2 is 1.80 bits per heavy atom. The summed E-state index contributed by atoms with van der Waals surface area (Å²) in [6.07, 6.45) is 3.49. The molecule has 0 aliphatic heterocycles. The van der Waals surface area contributed by atoms with Crippen LogP contribution >= 0.6 is 0 Å². The summed E-state index contributed by atoms with van der Waals surface area (Å²) in [7, 11) is 3.58. The first kappa shape index (κ1) is 24.2. The summed E-state index contributed by atoms with van der Waals surface area (Å²) in [5.74, 6) is -0.561. The second-order valence-corrected chi connectivity index (χ2v) is 8.88. The van der Waals surface area contributed by atoms with E-state index in [1.54, 1.807) is 65.1 Å². The van der Waals surface area contributed by atoms with Crippen molar-refractivity contribution in [3.05, 3.63) is 76.7 Å². The molecule has 2 aromatic carbocycles. The fourth-order valence-corrected chi connectivity index (χ4v) is 3.92. The number of anilines is 1. The number of hydrogen-bond donors (Lipinski definition) is 2. The molecule has 0 spiro atoms. The van der Waals surface area contributed by atoms with E-state index in [2.05, 4.69) is 10.3 Å². The van der Waals surface area contributed by atoms with Crippen molar-refractivity contribution in [2.75, 3.05) is 26.4 Å². The second kappa shape index (κ2) is 9.71. The second-order valence-electron chi connectivity index (χ2n) is 8.88. The number of aryl methyl sites for hydroxylation is 1. The zero-order valence-corrected chi connectivity index (χ0v) is 20.4. The molecule has 0 bridgehead atoms. The summed E-state index contributed by atoms with van der Waals surface area (Å²) in [5, 5.41) is 6.26. The predicted molar refractivity (Wildman–Crippen MR) is 133 cm³/mol. The number of benzene rings is 2. The van der Waals surface area contributed by atoms with Crippen LogP contribution in [0.25, 0.3) is 5.69 Å². The molecule has 35 heavy (non-hydrogen) atoms. The van der Waals surface area contributed by atoms with Crippen molar-refractivity contribution >= 4 is 23.4 Å². The van der Waals surface area contributed by atoms with Crippen molar-refractivity contribution in [2.45, 2.75) is 32.7 Å². The van der Waals surface area contributed by atoms with Gasteiger partial charge >= 0.3 is 0 Å². The average Bonchev–Trinajstić information content (AvgIpc) is 3.58. The Labute approximate surface area is 204 Å². The first-order chi connectivity index (χ1) is 16.7. The van der Waals surface area contributed by atoms with Crippen molar-refractivity contribution in [1.29, 1.82) is 0 Å². The number of hydrazine groups is 1. The molecule has 2 amide bonds. The highest BCUT2D eigenvalue weighted by Gasteiger charge is 2.25. The molecule has 3 aromatic rings. The Balaban J connectivity index is 1.63. The zero-order valence-electron chi connectivity index (χ0n) is 20.4. The van der Waals surface area contributed by atoms with Crippen molar-refractivity contribution in [2.24, 2.45) is 0 Å². The maximum absolute atomic E-state index is 13.3. The van der Waals surface area contributed by atoms with Gasteiger partial charge in [-0.2, -0.15) is 0 Å². The van der Waals surface area contributed by atoms with Gasteiger partial charge in [-0.3, -0.25) is 24.0 Å². The van der Waals surface area contributed by atoms with Crippen LogP contribution in [0, 0.1) is 6.92 Å². The number of nitrogens with one attached hydrogen (secondary N) is 1. The lowest BCUT2D eigenvalue weighted by Gasteiger charge is -2.27. The molecule has 4 rings (SSSR count). The van der Waals surface area contributed by atoms with E-state index in [0.717, 1.165) is 18.4 Å². The third-order valence-corrected chi connectivity index (χ3v) is 6.05. The fourth-order valence-electron chi connectivity index (χ4n) is 3.92. The van der Waals surface area contributed by atoms with Gasteiger partial charge in [-0.1, -0.05) is 18.2 Å². The van der Waals surface area contributed by atoms with Crippen LogP contribution in [0.5, 0.6) is 0 Å². The largest absolute Gasteiger partial charge is 0.383 e. The van der Waals surface area contributed by atoms with Crippen LogP contribution in [-0.4, -0.2) is 63.8 Å². The Bertz CT molecular complexity index is 1290. The van der Waals surface area contributed by atoms with Gasteiger partial charge in [0.2, 0.25) is 5.78 Å². The summed E-state index contributed by atoms with van der Waals surface area (Å²) in [4.78, 5) is 43.0. The van der Waals surface area contributed by atoms with Crippen molar-refractivity contribution in [1.82, 2.24) is 24.9 Å². The molecule has 1 saturated carbocycles. The Morgan fingerprint density at radius 3 is 2.46 bits per heavy atom. The van der Waals surface area contributed by atoms with Crippen molar-refractivity contribution in [3.63, 3.8) is 0 Å². The predicted octanol–water partition coefficient (Wildman–Crippen LogP) is 2.82. The molecule has 9 heteroatoms. The molecular formula is C26H30N6O3. The van der Waals surface area contributed by atoms with Crippen LogP contribution in [0.2, 0.25) is 0 Å². The van der Waals surface area contributed by atoms with Crippen LogP contribution in [0.15, 0.2) is 48.8 Å².